The number of rotatable bonds is 5. The summed E-state index contributed by atoms with van der Waals surface area (Å²) in [6.07, 6.45) is -6.81. The van der Waals surface area contributed by atoms with Crippen LogP contribution in [0, 0.1) is 0 Å². The Hall–Kier alpha value is -4.02. The molecule has 10 heteroatoms. The third-order valence-electron chi connectivity index (χ3n) is 6.11. The predicted molar refractivity (Wildman–Crippen MR) is 124 cm³/mol. The van der Waals surface area contributed by atoms with Gasteiger partial charge < -0.3 is 9.74 Å². The molecule has 1 aliphatic heterocycles. The number of hydroxylamine groups is 2. The van der Waals surface area contributed by atoms with Crippen molar-refractivity contribution in [2.75, 3.05) is 7.05 Å². The van der Waals surface area contributed by atoms with E-state index in [-0.39, 0.29) is 16.9 Å². The number of carbonyl (C=O) groups excluding carboxylic acids is 3. The largest absolute Gasteiger partial charge is 0.492 e. The molecule has 4 rings (SSSR count). The quantitative estimate of drug-likeness (QED) is 0.539. The monoisotopic (exact) mass is 497 g/mol. The lowest BCUT2D eigenvalue weighted by Gasteiger charge is -2.36. The van der Waals surface area contributed by atoms with Gasteiger partial charge in [-0.05, 0) is 35.2 Å². The Morgan fingerprint density at radius 3 is 2.11 bits per heavy atom. The molecule has 186 valence electrons. The van der Waals surface area contributed by atoms with Crippen LogP contribution in [0.2, 0.25) is 0 Å². The van der Waals surface area contributed by atoms with E-state index in [1.165, 1.54) is 14.0 Å². The lowest BCUT2D eigenvalue weighted by Crippen LogP contribution is -2.53. The fourth-order valence-corrected chi connectivity index (χ4v) is 4.26. The number of Topliss-reactive ketones (excluding diaryl/α,β-unsaturated/α-hetero) is 1. The molecule has 0 radical (unpaired) electrons. The Morgan fingerprint density at radius 1 is 0.917 bits per heavy atom. The van der Waals surface area contributed by atoms with Gasteiger partial charge in [-0.15, -0.1) is 0 Å². The Balaban J connectivity index is 1.92. The Morgan fingerprint density at radius 2 is 1.53 bits per heavy atom. The molecule has 3 aromatic rings. The Kier molecular flexibility index (Phi) is 6.42. The van der Waals surface area contributed by atoms with Crippen LogP contribution in [0.3, 0.4) is 0 Å². The molecule has 3 aromatic carbocycles. The van der Waals surface area contributed by atoms with Gasteiger partial charge in [-0.25, -0.2) is 4.79 Å². The minimum absolute atomic E-state index is 0.103. The SMILES string of the molecule is CC(=O)c1ccc(-c2cccc(C3(c4ccccc4)C(=O)N(C)C(N)N3OC(=O)C(F)(F)F)c2)cc1. The number of nitrogens with zero attached hydrogens (tertiary/aromatic N) is 2. The average molecular weight is 497 g/mol. The Labute approximate surface area is 204 Å². The molecule has 1 saturated heterocycles. The van der Waals surface area contributed by atoms with Crippen molar-refractivity contribution < 1.29 is 32.4 Å². The topological polar surface area (TPSA) is 92.9 Å². The zero-order chi connectivity index (χ0) is 26.3. The molecule has 0 bridgehead atoms. The first-order valence-electron chi connectivity index (χ1n) is 10.9. The third kappa shape index (κ3) is 4.14. The summed E-state index contributed by atoms with van der Waals surface area (Å²) in [7, 11) is 1.32. The highest BCUT2D eigenvalue weighted by atomic mass is 19.4. The summed E-state index contributed by atoms with van der Waals surface area (Å²) in [5.41, 5.74) is 6.44. The summed E-state index contributed by atoms with van der Waals surface area (Å²) in [6, 6.07) is 21.3. The number of nitrogens with two attached hydrogens (primary N) is 1. The number of alkyl halides is 3. The van der Waals surface area contributed by atoms with E-state index >= 15 is 0 Å². The van der Waals surface area contributed by atoms with Crippen molar-refractivity contribution in [3.05, 3.63) is 95.6 Å². The van der Waals surface area contributed by atoms with Crippen LogP contribution >= 0.6 is 0 Å². The van der Waals surface area contributed by atoms with Gasteiger partial charge in [0, 0.05) is 12.6 Å². The van der Waals surface area contributed by atoms with Crippen molar-refractivity contribution in [3.63, 3.8) is 0 Å². The standard InChI is InChI=1S/C26H22F3N3O4/c1-16(33)17-11-13-18(14-12-17)19-7-6-10-21(15-19)25(20-8-4-3-5-9-20)22(34)31(2)24(30)32(25)36-23(35)26(27,28)29/h3-15,24H,30H2,1-2H3. The van der Waals surface area contributed by atoms with E-state index in [0.717, 1.165) is 4.90 Å². The van der Waals surface area contributed by atoms with Gasteiger partial charge in [-0.2, -0.15) is 13.2 Å². The first-order chi connectivity index (χ1) is 17.0. The highest BCUT2D eigenvalue weighted by molar-refractivity contribution is 5.95. The van der Waals surface area contributed by atoms with Crippen LogP contribution in [-0.4, -0.2) is 47.1 Å². The fraction of sp³-hybridized carbons (Fsp3) is 0.192. The molecule has 1 amide bonds. The minimum atomic E-state index is -5.31. The normalized spacial score (nSPS) is 20.4. The lowest BCUT2D eigenvalue weighted by molar-refractivity contribution is -0.260. The molecule has 0 saturated carbocycles. The summed E-state index contributed by atoms with van der Waals surface area (Å²) < 4.78 is 39.6. The van der Waals surface area contributed by atoms with Gasteiger partial charge in [0.25, 0.3) is 5.91 Å². The number of ketones is 1. The summed E-state index contributed by atoms with van der Waals surface area (Å²) in [4.78, 5) is 43.1. The van der Waals surface area contributed by atoms with E-state index < -0.39 is 29.9 Å². The number of hydrogen-bond donors (Lipinski definition) is 1. The average Bonchev–Trinajstić information content (AvgIpc) is 3.05. The molecule has 2 atom stereocenters. The van der Waals surface area contributed by atoms with Crippen LogP contribution in [-0.2, 0) is 20.0 Å². The smallest absolute Gasteiger partial charge is 0.356 e. The number of carbonyl (C=O) groups is 3. The second-order valence-corrected chi connectivity index (χ2v) is 8.32. The van der Waals surface area contributed by atoms with Crippen LogP contribution in [0.25, 0.3) is 11.1 Å². The molecule has 0 aliphatic carbocycles. The van der Waals surface area contributed by atoms with Gasteiger partial charge in [0.1, 0.15) is 0 Å². The van der Waals surface area contributed by atoms with Crippen molar-refractivity contribution in [3.8, 4) is 11.1 Å². The van der Waals surface area contributed by atoms with Crippen molar-refractivity contribution in [1.82, 2.24) is 9.96 Å². The van der Waals surface area contributed by atoms with E-state index in [4.69, 9.17) is 10.6 Å². The van der Waals surface area contributed by atoms with Crippen LogP contribution in [0.4, 0.5) is 13.2 Å². The van der Waals surface area contributed by atoms with Crippen LogP contribution < -0.4 is 5.73 Å². The molecule has 2 N–H and O–H groups in total. The van der Waals surface area contributed by atoms with Gasteiger partial charge in [0.15, 0.2) is 17.6 Å². The summed E-state index contributed by atoms with van der Waals surface area (Å²) in [5.74, 6) is -3.29. The van der Waals surface area contributed by atoms with E-state index in [2.05, 4.69) is 0 Å². The number of hydrogen-bond acceptors (Lipinski definition) is 6. The van der Waals surface area contributed by atoms with Gasteiger partial charge in [-0.3, -0.25) is 15.3 Å². The first kappa shape index (κ1) is 25.1. The Bertz CT molecular complexity index is 1310. The van der Waals surface area contributed by atoms with Crippen molar-refractivity contribution in [2.45, 2.75) is 24.9 Å². The maximum absolute atomic E-state index is 13.7. The summed E-state index contributed by atoms with van der Waals surface area (Å²) in [6.45, 7) is 1.45. The van der Waals surface area contributed by atoms with Crippen LogP contribution in [0.5, 0.6) is 0 Å². The molecule has 0 aromatic heterocycles. The van der Waals surface area contributed by atoms with Crippen molar-refractivity contribution in [2.24, 2.45) is 5.73 Å². The predicted octanol–water partition coefficient (Wildman–Crippen LogP) is 3.84. The van der Waals surface area contributed by atoms with Gasteiger partial charge in [0.2, 0.25) is 0 Å². The van der Waals surface area contributed by atoms with E-state index in [0.29, 0.717) is 21.8 Å². The highest BCUT2D eigenvalue weighted by Crippen LogP contribution is 2.45. The number of amides is 1. The summed E-state index contributed by atoms with van der Waals surface area (Å²) in [5, 5.41) is 0.596. The maximum atomic E-state index is 13.7. The van der Waals surface area contributed by atoms with Gasteiger partial charge in [-0.1, -0.05) is 77.9 Å². The summed E-state index contributed by atoms with van der Waals surface area (Å²) >= 11 is 0. The molecule has 1 aliphatic rings. The zero-order valence-corrected chi connectivity index (χ0v) is 19.3. The van der Waals surface area contributed by atoms with Crippen LogP contribution in [0.1, 0.15) is 28.4 Å². The van der Waals surface area contributed by atoms with Gasteiger partial charge >= 0.3 is 12.1 Å². The van der Waals surface area contributed by atoms with Crippen molar-refractivity contribution in [1.29, 1.82) is 0 Å². The van der Waals surface area contributed by atoms with Crippen LogP contribution in [0.15, 0.2) is 78.9 Å². The van der Waals surface area contributed by atoms with E-state index in [9.17, 15) is 27.6 Å². The second-order valence-electron chi connectivity index (χ2n) is 8.32. The number of benzene rings is 3. The minimum Gasteiger partial charge on any atom is -0.356 e. The molecule has 1 heterocycles. The highest BCUT2D eigenvalue weighted by Gasteiger charge is 2.61. The molecule has 36 heavy (non-hydrogen) atoms. The molecule has 1 fully saturated rings. The molecule has 2 unspecified atom stereocenters. The number of likely N-dealkylation sites (N-methyl/N-ethyl adjacent to an activating group) is 1. The van der Waals surface area contributed by atoms with Crippen molar-refractivity contribution >= 4 is 17.7 Å². The zero-order valence-electron chi connectivity index (χ0n) is 19.3. The maximum Gasteiger partial charge on any atom is 0.492 e. The molecule has 0 spiro atoms. The fourth-order valence-electron chi connectivity index (χ4n) is 4.26. The van der Waals surface area contributed by atoms with Gasteiger partial charge in [0.05, 0.1) is 0 Å². The second kappa shape index (κ2) is 9.21. The molecular weight excluding hydrogens is 475 g/mol. The number of halogens is 3. The lowest BCUT2D eigenvalue weighted by atomic mass is 9.81. The first-order valence-corrected chi connectivity index (χ1v) is 10.9. The molecule has 7 nitrogen and oxygen atoms in total. The molecular formula is C26H22F3N3O4. The third-order valence-corrected chi connectivity index (χ3v) is 6.11. The van der Waals surface area contributed by atoms with E-state index in [1.54, 1.807) is 78.9 Å². The van der Waals surface area contributed by atoms with E-state index in [1.807, 2.05) is 0 Å².